The quantitative estimate of drug-likeness (QED) is 0.505. The van der Waals surface area contributed by atoms with Gasteiger partial charge in [0.05, 0.1) is 17.6 Å². The molecular formula is C15H27NO. The molecule has 0 aliphatic heterocycles. The summed E-state index contributed by atoms with van der Waals surface area (Å²) in [6.07, 6.45) is 11.7. The molecule has 2 heteroatoms. The smallest absolute Gasteiger partial charge is 0.0683 e. The molecule has 0 bridgehead atoms. The van der Waals surface area contributed by atoms with E-state index in [1.54, 1.807) is 0 Å². The van der Waals surface area contributed by atoms with Gasteiger partial charge in [-0.2, -0.15) is 5.26 Å². The minimum absolute atomic E-state index is 0.164. The number of nitriles is 1. The Hall–Kier alpha value is -0.550. The van der Waals surface area contributed by atoms with E-state index in [0.29, 0.717) is 6.10 Å². The van der Waals surface area contributed by atoms with Crippen molar-refractivity contribution in [2.24, 2.45) is 5.41 Å². The molecule has 0 spiro atoms. The summed E-state index contributed by atoms with van der Waals surface area (Å²) < 4.78 is 5.93. The van der Waals surface area contributed by atoms with Crippen LogP contribution in [-0.4, -0.2) is 12.7 Å². The fourth-order valence-electron chi connectivity index (χ4n) is 2.38. The zero-order valence-electron chi connectivity index (χ0n) is 11.5. The number of unbranched alkanes of at least 4 members (excludes halogenated alkanes) is 1. The van der Waals surface area contributed by atoms with Crippen LogP contribution in [0.2, 0.25) is 0 Å². The Labute approximate surface area is 106 Å². The second-order valence-corrected chi connectivity index (χ2v) is 5.94. The average molecular weight is 237 g/mol. The maximum Gasteiger partial charge on any atom is 0.0683 e. The van der Waals surface area contributed by atoms with E-state index < -0.39 is 0 Å². The first-order chi connectivity index (χ1) is 8.14. The summed E-state index contributed by atoms with van der Waals surface area (Å²) in [5.41, 5.74) is -0.164. The minimum atomic E-state index is -0.164. The molecule has 1 fully saturated rings. The van der Waals surface area contributed by atoms with Crippen molar-refractivity contribution in [3.63, 3.8) is 0 Å². The second kappa shape index (κ2) is 7.71. The average Bonchev–Trinajstić information content (AvgIpc) is 2.57. The van der Waals surface area contributed by atoms with Crippen LogP contribution in [0.3, 0.4) is 0 Å². The molecule has 1 aliphatic rings. The summed E-state index contributed by atoms with van der Waals surface area (Å²) in [5.74, 6) is 0. The van der Waals surface area contributed by atoms with Crippen LogP contribution in [0.5, 0.6) is 0 Å². The molecule has 0 amide bonds. The Morgan fingerprint density at radius 3 is 2.35 bits per heavy atom. The molecule has 17 heavy (non-hydrogen) atoms. The Kier molecular flexibility index (Phi) is 6.58. The zero-order chi connectivity index (χ0) is 12.6. The number of hydrogen-bond acceptors (Lipinski definition) is 2. The van der Waals surface area contributed by atoms with Crippen molar-refractivity contribution in [3.8, 4) is 6.07 Å². The standard InChI is InChI=1S/C15H27NO/c1-15(2,13-16)11-7-8-12-17-14-9-5-3-4-6-10-14/h14H,3-12H2,1-2H3. The monoisotopic (exact) mass is 237 g/mol. The molecule has 0 saturated heterocycles. The van der Waals surface area contributed by atoms with Gasteiger partial charge >= 0.3 is 0 Å². The van der Waals surface area contributed by atoms with Gasteiger partial charge in [0.2, 0.25) is 0 Å². The predicted molar refractivity (Wildman–Crippen MR) is 70.7 cm³/mol. The molecule has 2 nitrogen and oxygen atoms in total. The lowest BCUT2D eigenvalue weighted by molar-refractivity contribution is 0.0401. The van der Waals surface area contributed by atoms with E-state index in [2.05, 4.69) is 6.07 Å². The summed E-state index contributed by atoms with van der Waals surface area (Å²) in [7, 11) is 0. The summed E-state index contributed by atoms with van der Waals surface area (Å²) in [5, 5.41) is 8.90. The van der Waals surface area contributed by atoms with Crippen molar-refractivity contribution in [3.05, 3.63) is 0 Å². The van der Waals surface area contributed by atoms with Gasteiger partial charge in [0, 0.05) is 6.61 Å². The molecule has 0 aromatic carbocycles. The topological polar surface area (TPSA) is 33.0 Å². The third-order valence-electron chi connectivity index (χ3n) is 3.65. The lowest BCUT2D eigenvalue weighted by Crippen LogP contribution is -2.13. The maximum absolute atomic E-state index is 8.90. The van der Waals surface area contributed by atoms with Gasteiger partial charge in [-0.1, -0.05) is 25.7 Å². The fraction of sp³-hybridized carbons (Fsp3) is 0.933. The zero-order valence-corrected chi connectivity index (χ0v) is 11.5. The number of hydrogen-bond donors (Lipinski definition) is 0. The van der Waals surface area contributed by atoms with Gasteiger partial charge in [0.25, 0.3) is 0 Å². The molecule has 1 aliphatic carbocycles. The van der Waals surface area contributed by atoms with Gasteiger partial charge in [-0.15, -0.1) is 0 Å². The highest BCUT2D eigenvalue weighted by Crippen LogP contribution is 2.23. The highest BCUT2D eigenvalue weighted by Gasteiger charge is 2.16. The first kappa shape index (κ1) is 14.5. The molecule has 0 radical (unpaired) electrons. The van der Waals surface area contributed by atoms with Gasteiger partial charge in [-0.25, -0.2) is 0 Å². The molecule has 98 valence electrons. The number of ether oxygens (including phenoxy) is 1. The molecular weight excluding hydrogens is 210 g/mol. The highest BCUT2D eigenvalue weighted by molar-refractivity contribution is 4.91. The third kappa shape index (κ3) is 6.68. The summed E-state index contributed by atoms with van der Waals surface area (Å²) in [6, 6.07) is 2.35. The van der Waals surface area contributed by atoms with Crippen LogP contribution in [0.25, 0.3) is 0 Å². The molecule has 0 aromatic rings. The molecule has 1 saturated carbocycles. The SMILES string of the molecule is CC(C)(C#N)CCCCOC1CCCCCC1. The maximum atomic E-state index is 8.90. The van der Waals surface area contributed by atoms with E-state index in [1.807, 2.05) is 13.8 Å². The minimum Gasteiger partial charge on any atom is -0.378 e. The van der Waals surface area contributed by atoms with Crippen LogP contribution in [0, 0.1) is 16.7 Å². The van der Waals surface area contributed by atoms with E-state index in [9.17, 15) is 0 Å². The van der Waals surface area contributed by atoms with Crippen molar-refractivity contribution < 1.29 is 4.74 Å². The predicted octanol–water partition coefficient (Wildman–Crippen LogP) is 4.45. The largest absolute Gasteiger partial charge is 0.378 e. The second-order valence-electron chi connectivity index (χ2n) is 5.94. The first-order valence-corrected chi connectivity index (χ1v) is 7.17. The van der Waals surface area contributed by atoms with Gasteiger partial charge < -0.3 is 4.74 Å². The summed E-state index contributed by atoms with van der Waals surface area (Å²) in [6.45, 7) is 4.91. The van der Waals surface area contributed by atoms with Crippen molar-refractivity contribution in [2.45, 2.75) is 77.7 Å². The first-order valence-electron chi connectivity index (χ1n) is 7.17. The fourth-order valence-corrected chi connectivity index (χ4v) is 2.38. The van der Waals surface area contributed by atoms with Crippen LogP contribution in [0.4, 0.5) is 0 Å². The van der Waals surface area contributed by atoms with Crippen molar-refractivity contribution in [2.75, 3.05) is 6.61 Å². The molecule has 0 N–H and O–H groups in total. The summed E-state index contributed by atoms with van der Waals surface area (Å²) >= 11 is 0. The van der Waals surface area contributed by atoms with Crippen molar-refractivity contribution in [1.29, 1.82) is 5.26 Å². The van der Waals surface area contributed by atoms with Gasteiger partial charge in [0.15, 0.2) is 0 Å². The lowest BCUT2D eigenvalue weighted by atomic mass is 9.89. The van der Waals surface area contributed by atoms with E-state index in [4.69, 9.17) is 10.00 Å². The Morgan fingerprint density at radius 1 is 1.12 bits per heavy atom. The van der Waals surface area contributed by atoms with Crippen LogP contribution >= 0.6 is 0 Å². The van der Waals surface area contributed by atoms with Crippen LogP contribution in [-0.2, 0) is 4.74 Å². The molecule has 0 heterocycles. The lowest BCUT2D eigenvalue weighted by Gasteiger charge is -2.17. The van der Waals surface area contributed by atoms with E-state index in [0.717, 1.165) is 25.9 Å². The van der Waals surface area contributed by atoms with Gasteiger partial charge in [-0.05, 0) is 46.0 Å². The normalized spacial score (nSPS) is 18.6. The molecule has 0 unspecified atom stereocenters. The van der Waals surface area contributed by atoms with Crippen LogP contribution < -0.4 is 0 Å². The Balaban J connectivity index is 2.02. The van der Waals surface area contributed by atoms with Crippen molar-refractivity contribution >= 4 is 0 Å². The molecule has 0 aromatic heterocycles. The number of nitrogens with zero attached hydrogens (tertiary/aromatic N) is 1. The van der Waals surface area contributed by atoms with Gasteiger partial charge in [-0.3, -0.25) is 0 Å². The summed E-state index contributed by atoms with van der Waals surface area (Å²) in [4.78, 5) is 0. The van der Waals surface area contributed by atoms with Crippen molar-refractivity contribution in [1.82, 2.24) is 0 Å². The third-order valence-corrected chi connectivity index (χ3v) is 3.65. The Morgan fingerprint density at radius 2 is 1.76 bits per heavy atom. The number of rotatable bonds is 6. The molecule has 0 atom stereocenters. The van der Waals surface area contributed by atoms with Gasteiger partial charge in [0.1, 0.15) is 0 Å². The van der Waals surface area contributed by atoms with Crippen LogP contribution in [0.15, 0.2) is 0 Å². The highest BCUT2D eigenvalue weighted by atomic mass is 16.5. The van der Waals surface area contributed by atoms with E-state index in [1.165, 1.54) is 38.5 Å². The Bertz CT molecular complexity index is 234. The van der Waals surface area contributed by atoms with E-state index >= 15 is 0 Å². The van der Waals surface area contributed by atoms with E-state index in [-0.39, 0.29) is 5.41 Å². The van der Waals surface area contributed by atoms with Crippen LogP contribution in [0.1, 0.15) is 71.6 Å². The molecule has 1 rings (SSSR count).